The van der Waals surface area contributed by atoms with Crippen LogP contribution in [0.1, 0.15) is 26.6 Å². The number of hydrogen-bond donors (Lipinski definition) is 0. The van der Waals surface area contributed by atoms with Crippen molar-refractivity contribution in [1.29, 1.82) is 0 Å². The maximum absolute atomic E-state index is 5.98. The van der Waals surface area contributed by atoms with Gasteiger partial charge in [-0.3, -0.25) is 0 Å². The normalized spacial score (nSPS) is 12.3. The average molecular weight is 352 g/mol. The average Bonchev–Trinajstić information content (AvgIpc) is 3.04. The van der Waals surface area contributed by atoms with E-state index in [1.165, 1.54) is 0 Å². The molecule has 0 aliphatic carbocycles. The van der Waals surface area contributed by atoms with Gasteiger partial charge in [0, 0.05) is 27.1 Å². The largest absolute Gasteiger partial charge is 0.456 e. The highest BCUT2D eigenvalue weighted by Gasteiger charge is 2.20. The highest BCUT2D eigenvalue weighted by molar-refractivity contribution is 6.07. The molecule has 0 spiro atoms. The van der Waals surface area contributed by atoms with Crippen LogP contribution in [0.15, 0.2) is 71.1 Å². The lowest BCUT2D eigenvalue weighted by atomic mass is 9.94. The number of furan rings is 1. The third kappa shape index (κ3) is 2.58. The first-order valence-electron chi connectivity index (χ1n) is 9.20. The number of hydrogen-bond acceptors (Lipinski definition) is 3. The summed E-state index contributed by atoms with van der Waals surface area (Å²) < 4.78 is 5.98. The predicted octanol–water partition coefficient (Wildman–Crippen LogP) is 6.49. The van der Waals surface area contributed by atoms with Gasteiger partial charge in [0.1, 0.15) is 17.0 Å². The third-order valence-corrected chi connectivity index (χ3v) is 4.92. The number of para-hydroxylation sites is 2. The zero-order valence-electron chi connectivity index (χ0n) is 15.7. The van der Waals surface area contributed by atoms with Crippen LogP contribution in [0.2, 0.25) is 0 Å². The van der Waals surface area contributed by atoms with E-state index >= 15 is 0 Å². The van der Waals surface area contributed by atoms with Crippen molar-refractivity contribution in [3.63, 3.8) is 0 Å². The van der Waals surface area contributed by atoms with Gasteiger partial charge in [-0.05, 0) is 30.3 Å². The summed E-state index contributed by atoms with van der Waals surface area (Å²) in [6.07, 6.45) is 0. The van der Waals surface area contributed by atoms with E-state index in [9.17, 15) is 0 Å². The quantitative estimate of drug-likeness (QED) is 0.346. The molecule has 0 saturated heterocycles. The van der Waals surface area contributed by atoms with Crippen LogP contribution in [0.5, 0.6) is 0 Å². The molecule has 0 bridgehead atoms. The SMILES string of the molecule is CC(C)(C)c1nc(-c2ccc3oc4ccccc4c3c2)c2ccccc2n1. The molecule has 5 aromatic rings. The van der Waals surface area contributed by atoms with Gasteiger partial charge in [0.25, 0.3) is 0 Å². The molecule has 0 atom stereocenters. The van der Waals surface area contributed by atoms with Crippen LogP contribution in [0, 0.1) is 0 Å². The Balaban J connectivity index is 1.83. The van der Waals surface area contributed by atoms with Gasteiger partial charge in [-0.25, -0.2) is 9.97 Å². The predicted molar refractivity (Wildman–Crippen MR) is 111 cm³/mol. The van der Waals surface area contributed by atoms with Crippen LogP contribution in [0.4, 0.5) is 0 Å². The van der Waals surface area contributed by atoms with Crippen molar-refractivity contribution < 1.29 is 4.42 Å². The number of benzene rings is 3. The fourth-order valence-electron chi connectivity index (χ4n) is 3.51. The van der Waals surface area contributed by atoms with Gasteiger partial charge in [-0.2, -0.15) is 0 Å². The Bertz CT molecular complexity index is 1310. The zero-order valence-corrected chi connectivity index (χ0v) is 15.7. The summed E-state index contributed by atoms with van der Waals surface area (Å²) in [6, 6.07) is 22.7. The number of aromatic nitrogens is 2. The van der Waals surface area contributed by atoms with Gasteiger partial charge in [-0.15, -0.1) is 0 Å². The Labute approximate surface area is 157 Å². The molecule has 0 unspecified atom stereocenters. The summed E-state index contributed by atoms with van der Waals surface area (Å²) in [5.74, 6) is 0.855. The van der Waals surface area contributed by atoms with Crippen LogP contribution in [0.3, 0.4) is 0 Å². The molecule has 0 aliphatic rings. The summed E-state index contributed by atoms with van der Waals surface area (Å²) >= 11 is 0. The topological polar surface area (TPSA) is 38.9 Å². The van der Waals surface area contributed by atoms with Crippen LogP contribution in [0.25, 0.3) is 44.1 Å². The van der Waals surface area contributed by atoms with Crippen molar-refractivity contribution in [2.45, 2.75) is 26.2 Å². The van der Waals surface area contributed by atoms with Gasteiger partial charge < -0.3 is 4.42 Å². The van der Waals surface area contributed by atoms with E-state index in [0.717, 1.165) is 49.9 Å². The maximum atomic E-state index is 5.98. The number of rotatable bonds is 1. The molecule has 0 saturated carbocycles. The Morgan fingerprint density at radius 1 is 0.704 bits per heavy atom. The second kappa shape index (κ2) is 5.65. The molecule has 3 heteroatoms. The Morgan fingerprint density at radius 2 is 1.41 bits per heavy atom. The second-order valence-electron chi connectivity index (χ2n) is 7.97. The molecule has 3 aromatic carbocycles. The lowest BCUT2D eigenvalue weighted by molar-refractivity contribution is 0.549. The summed E-state index contributed by atoms with van der Waals surface area (Å²) in [5.41, 5.74) is 4.72. The van der Waals surface area contributed by atoms with E-state index in [0.29, 0.717) is 0 Å². The Kier molecular flexibility index (Phi) is 3.35. The maximum Gasteiger partial charge on any atom is 0.135 e. The first kappa shape index (κ1) is 16.0. The first-order chi connectivity index (χ1) is 13.0. The molecule has 0 aliphatic heterocycles. The van der Waals surface area contributed by atoms with Crippen molar-refractivity contribution in [3.05, 3.63) is 72.6 Å². The molecule has 0 amide bonds. The van der Waals surface area contributed by atoms with E-state index in [-0.39, 0.29) is 5.41 Å². The summed E-state index contributed by atoms with van der Waals surface area (Å²) in [7, 11) is 0. The second-order valence-corrected chi connectivity index (χ2v) is 7.97. The molecule has 0 fully saturated rings. The third-order valence-electron chi connectivity index (χ3n) is 4.92. The van der Waals surface area contributed by atoms with E-state index < -0.39 is 0 Å². The molecule has 0 radical (unpaired) electrons. The number of nitrogens with zero attached hydrogens (tertiary/aromatic N) is 2. The van der Waals surface area contributed by atoms with Gasteiger partial charge in [0.2, 0.25) is 0 Å². The van der Waals surface area contributed by atoms with Crippen LogP contribution < -0.4 is 0 Å². The van der Waals surface area contributed by atoms with Crippen molar-refractivity contribution in [2.24, 2.45) is 0 Å². The minimum Gasteiger partial charge on any atom is -0.456 e. The summed E-state index contributed by atoms with van der Waals surface area (Å²) in [5, 5.41) is 3.31. The van der Waals surface area contributed by atoms with Crippen molar-refractivity contribution >= 4 is 32.8 Å². The number of fused-ring (bicyclic) bond motifs is 4. The zero-order chi connectivity index (χ0) is 18.6. The van der Waals surface area contributed by atoms with Gasteiger partial charge >= 0.3 is 0 Å². The van der Waals surface area contributed by atoms with Crippen molar-refractivity contribution in [2.75, 3.05) is 0 Å². The van der Waals surface area contributed by atoms with E-state index in [4.69, 9.17) is 14.4 Å². The van der Waals surface area contributed by atoms with E-state index in [1.54, 1.807) is 0 Å². The van der Waals surface area contributed by atoms with Crippen LogP contribution >= 0.6 is 0 Å². The fraction of sp³-hybridized carbons (Fsp3) is 0.167. The highest BCUT2D eigenvalue weighted by Crippen LogP contribution is 2.34. The summed E-state index contributed by atoms with van der Waals surface area (Å²) in [4.78, 5) is 9.78. The van der Waals surface area contributed by atoms with Crippen LogP contribution in [-0.2, 0) is 5.41 Å². The van der Waals surface area contributed by atoms with Crippen molar-refractivity contribution in [1.82, 2.24) is 9.97 Å². The Hall–Kier alpha value is -3.20. The monoisotopic (exact) mass is 352 g/mol. The van der Waals surface area contributed by atoms with Crippen LogP contribution in [-0.4, -0.2) is 9.97 Å². The molecule has 0 N–H and O–H groups in total. The molecular weight excluding hydrogens is 332 g/mol. The van der Waals surface area contributed by atoms with E-state index in [1.807, 2.05) is 36.4 Å². The smallest absolute Gasteiger partial charge is 0.135 e. The van der Waals surface area contributed by atoms with Gasteiger partial charge in [0.15, 0.2) is 0 Å². The van der Waals surface area contributed by atoms with Gasteiger partial charge in [0.05, 0.1) is 11.2 Å². The lowest BCUT2D eigenvalue weighted by Gasteiger charge is -2.18. The molecule has 2 heterocycles. The molecule has 3 nitrogen and oxygen atoms in total. The standard InChI is InChI=1S/C24H20N2O/c1-24(2,3)23-25-19-10-6-4-9-17(19)22(26-23)15-12-13-21-18(14-15)16-8-5-7-11-20(16)27-21/h4-14H,1-3H3. The lowest BCUT2D eigenvalue weighted by Crippen LogP contribution is -2.16. The molecular formula is C24H20N2O. The summed E-state index contributed by atoms with van der Waals surface area (Å²) in [6.45, 7) is 6.44. The molecule has 2 aromatic heterocycles. The first-order valence-corrected chi connectivity index (χ1v) is 9.20. The van der Waals surface area contributed by atoms with Gasteiger partial charge in [-0.1, -0.05) is 57.2 Å². The highest BCUT2D eigenvalue weighted by atomic mass is 16.3. The Morgan fingerprint density at radius 3 is 2.22 bits per heavy atom. The minimum atomic E-state index is -0.120. The van der Waals surface area contributed by atoms with Crippen molar-refractivity contribution in [3.8, 4) is 11.3 Å². The van der Waals surface area contributed by atoms with E-state index in [2.05, 4.69) is 51.1 Å². The molecule has 27 heavy (non-hydrogen) atoms. The molecule has 132 valence electrons. The fourth-order valence-corrected chi connectivity index (χ4v) is 3.51. The molecule has 5 rings (SSSR count). The minimum absolute atomic E-state index is 0.120.